The molecule has 1 aliphatic rings. The average Bonchev–Trinajstić information content (AvgIpc) is 2.51. The molecule has 5 heteroatoms. The maximum absolute atomic E-state index is 12.3. The molecule has 1 fully saturated rings. The Labute approximate surface area is 151 Å². The third kappa shape index (κ3) is 6.58. The van der Waals surface area contributed by atoms with Crippen LogP contribution in [0.1, 0.15) is 58.9 Å². The van der Waals surface area contributed by atoms with Crippen LogP contribution >= 0.6 is 0 Å². The Bertz CT molecular complexity index is 568. The second-order valence-electron chi connectivity index (χ2n) is 7.96. The summed E-state index contributed by atoms with van der Waals surface area (Å²) in [6.07, 6.45) is 4.21. The van der Waals surface area contributed by atoms with Crippen molar-refractivity contribution in [3.8, 4) is 0 Å². The molecule has 0 bridgehead atoms. The molecule has 1 amide bonds. The van der Waals surface area contributed by atoms with Crippen LogP contribution in [0.3, 0.4) is 0 Å². The molecular formula is C20H33N3O2. The lowest BCUT2D eigenvalue weighted by Crippen LogP contribution is -2.36. The first-order valence-electron chi connectivity index (χ1n) is 9.36. The van der Waals surface area contributed by atoms with Gasteiger partial charge in [0.05, 0.1) is 0 Å². The van der Waals surface area contributed by atoms with Crippen LogP contribution in [0.2, 0.25) is 0 Å². The first-order valence-corrected chi connectivity index (χ1v) is 9.36. The molecule has 2 unspecified atom stereocenters. The first kappa shape index (κ1) is 19.6. The van der Waals surface area contributed by atoms with E-state index in [4.69, 9.17) is 10.5 Å². The summed E-state index contributed by atoms with van der Waals surface area (Å²) in [5.74, 6) is 0. The smallest absolute Gasteiger partial charge is 0.410 e. The second kappa shape index (κ2) is 8.56. The Morgan fingerprint density at radius 3 is 2.76 bits per heavy atom. The number of hydrogen-bond donors (Lipinski definition) is 2. The summed E-state index contributed by atoms with van der Waals surface area (Å²) in [5.41, 5.74) is 7.79. The maximum Gasteiger partial charge on any atom is 0.410 e. The van der Waals surface area contributed by atoms with Crippen LogP contribution in [0.4, 0.5) is 10.5 Å². The molecule has 0 aliphatic heterocycles. The number of carbonyl (C=O) groups is 1. The van der Waals surface area contributed by atoms with Crippen LogP contribution in [0.25, 0.3) is 0 Å². The van der Waals surface area contributed by atoms with E-state index in [1.165, 1.54) is 6.42 Å². The van der Waals surface area contributed by atoms with Crippen LogP contribution in [0.15, 0.2) is 24.3 Å². The monoisotopic (exact) mass is 347 g/mol. The van der Waals surface area contributed by atoms with Gasteiger partial charge in [0.15, 0.2) is 0 Å². The standard InChI is InChI=1S/C20H33N3O2/c1-5-23(19(24)25-20(2,3)4)14-15-8-6-10-17(12-15)22-18-11-7-9-16(21)13-18/h6,8,10,12,16,18,22H,5,7,9,11,13-14,21H2,1-4H3. The van der Waals surface area contributed by atoms with Gasteiger partial charge < -0.3 is 20.7 Å². The van der Waals surface area contributed by atoms with Crippen molar-refractivity contribution >= 4 is 11.8 Å². The van der Waals surface area contributed by atoms with Gasteiger partial charge in [-0.25, -0.2) is 4.79 Å². The molecule has 1 aromatic carbocycles. The molecule has 5 nitrogen and oxygen atoms in total. The van der Waals surface area contributed by atoms with Crippen molar-refractivity contribution < 1.29 is 9.53 Å². The summed E-state index contributed by atoms with van der Waals surface area (Å²) in [4.78, 5) is 14.0. The minimum absolute atomic E-state index is 0.272. The van der Waals surface area contributed by atoms with E-state index >= 15 is 0 Å². The van der Waals surface area contributed by atoms with Gasteiger partial charge in [0.1, 0.15) is 5.60 Å². The summed E-state index contributed by atoms with van der Waals surface area (Å²) >= 11 is 0. The number of amides is 1. The van der Waals surface area contributed by atoms with E-state index in [0.717, 1.165) is 30.5 Å². The highest BCUT2D eigenvalue weighted by Crippen LogP contribution is 2.22. The average molecular weight is 348 g/mol. The van der Waals surface area contributed by atoms with Crippen molar-refractivity contribution in [1.29, 1.82) is 0 Å². The topological polar surface area (TPSA) is 67.6 Å². The van der Waals surface area contributed by atoms with E-state index < -0.39 is 5.60 Å². The molecule has 3 N–H and O–H groups in total. The van der Waals surface area contributed by atoms with Crippen molar-refractivity contribution in [1.82, 2.24) is 4.90 Å². The van der Waals surface area contributed by atoms with Gasteiger partial charge in [-0.3, -0.25) is 0 Å². The highest BCUT2D eigenvalue weighted by Gasteiger charge is 2.22. The number of ether oxygens (including phenoxy) is 1. The van der Waals surface area contributed by atoms with Gasteiger partial charge in [0.25, 0.3) is 0 Å². The van der Waals surface area contributed by atoms with E-state index in [-0.39, 0.29) is 6.09 Å². The number of nitrogens with zero attached hydrogens (tertiary/aromatic N) is 1. The lowest BCUT2D eigenvalue weighted by molar-refractivity contribution is 0.0244. The molecule has 0 radical (unpaired) electrons. The maximum atomic E-state index is 12.3. The minimum atomic E-state index is -0.479. The number of benzene rings is 1. The lowest BCUT2D eigenvalue weighted by Gasteiger charge is -2.29. The third-order valence-electron chi connectivity index (χ3n) is 4.42. The number of nitrogens with one attached hydrogen (secondary N) is 1. The normalized spacial score (nSPS) is 20.8. The van der Waals surface area contributed by atoms with Gasteiger partial charge in [-0.15, -0.1) is 0 Å². The molecule has 1 saturated carbocycles. The number of carbonyl (C=O) groups excluding carboxylic acids is 1. The van der Waals surface area contributed by atoms with Crippen molar-refractivity contribution in [3.05, 3.63) is 29.8 Å². The van der Waals surface area contributed by atoms with Crippen LogP contribution in [-0.2, 0) is 11.3 Å². The van der Waals surface area contributed by atoms with Gasteiger partial charge in [0.2, 0.25) is 0 Å². The Hall–Kier alpha value is -1.75. The quantitative estimate of drug-likeness (QED) is 0.840. The number of nitrogens with two attached hydrogens (primary N) is 1. The molecular weight excluding hydrogens is 314 g/mol. The van der Waals surface area contributed by atoms with Crippen LogP contribution in [0.5, 0.6) is 0 Å². The zero-order valence-corrected chi connectivity index (χ0v) is 16.0. The zero-order chi connectivity index (χ0) is 18.4. The van der Waals surface area contributed by atoms with Crippen molar-refractivity contribution in [3.63, 3.8) is 0 Å². The first-order chi connectivity index (χ1) is 11.8. The van der Waals surface area contributed by atoms with Gasteiger partial charge in [0, 0.05) is 30.9 Å². The molecule has 1 aromatic rings. The van der Waals surface area contributed by atoms with Crippen molar-refractivity contribution in [2.45, 2.75) is 77.6 Å². The molecule has 0 aromatic heterocycles. The Balaban J connectivity index is 1.98. The molecule has 0 heterocycles. The largest absolute Gasteiger partial charge is 0.444 e. The molecule has 2 rings (SSSR count). The van der Waals surface area contributed by atoms with E-state index in [1.54, 1.807) is 4.90 Å². The Kier molecular flexibility index (Phi) is 6.71. The molecule has 140 valence electrons. The number of hydrogen-bond acceptors (Lipinski definition) is 4. The van der Waals surface area contributed by atoms with Crippen LogP contribution in [-0.4, -0.2) is 35.2 Å². The fraction of sp³-hybridized carbons (Fsp3) is 0.650. The predicted octanol–water partition coefficient (Wildman–Crippen LogP) is 4.13. The van der Waals surface area contributed by atoms with Crippen molar-refractivity contribution in [2.75, 3.05) is 11.9 Å². The van der Waals surface area contributed by atoms with Crippen LogP contribution < -0.4 is 11.1 Å². The summed E-state index contributed by atoms with van der Waals surface area (Å²) in [6.45, 7) is 8.79. The second-order valence-corrected chi connectivity index (χ2v) is 7.96. The fourth-order valence-corrected chi connectivity index (χ4v) is 3.21. The molecule has 25 heavy (non-hydrogen) atoms. The van der Waals surface area contributed by atoms with Crippen LogP contribution in [0, 0.1) is 0 Å². The Morgan fingerprint density at radius 1 is 1.36 bits per heavy atom. The summed E-state index contributed by atoms with van der Waals surface area (Å²) in [7, 11) is 0. The predicted molar refractivity (Wildman–Crippen MR) is 103 cm³/mol. The van der Waals surface area contributed by atoms with E-state index in [9.17, 15) is 4.79 Å². The highest BCUT2D eigenvalue weighted by atomic mass is 16.6. The number of anilines is 1. The lowest BCUT2D eigenvalue weighted by atomic mass is 9.91. The van der Waals surface area contributed by atoms with E-state index in [0.29, 0.717) is 25.2 Å². The SMILES string of the molecule is CCN(Cc1cccc(NC2CCCC(N)C2)c1)C(=O)OC(C)(C)C. The van der Waals surface area contributed by atoms with Gasteiger partial charge in [-0.2, -0.15) is 0 Å². The van der Waals surface area contributed by atoms with Gasteiger partial charge in [-0.05, 0) is 71.1 Å². The minimum Gasteiger partial charge on any atom is -0.444 e. The zero-order valence-electron chi connectivity index (χ0n) is 16.0. The number of rotatable bonds is 5. The summed E-state index contributed by atoms with van der Waals surface area (Å²) in [5, 5.41) is 3.60. The molecule has 2 atom stereocenters. The Morgan fingerprint density at radius 2 is 2.12 bits per heavy atom. The fourth-order valence-electron chi connectivity index (χ4n) is 3.21. The van der Waals surface area contributed by atoms with Gasteiger partial charge >= 0.3 is 6.09 Å². The third-order valence-corrected chi connectivity index (χ3v) is 4.42. The molecule has 0 saturated heterocycles. The molecule has 0 spiro atoms. The van der Waals surface area contributed by atoms with E-state index in [2.05, 4.69) is 17.4 Å². The summed E-state index contributed by atoms with van der Waals surface area (Å²) in [6, 6.07) is 9.01. The molecule has 1 aliphatic carbocycles. The van der Waals surface area contributed by atoms with Crippen molar-refractivity contribution in [2.24, 2.45) is 5.73 Å². The van der Waals surface area contributed by atoms with Gasteiger partial charge in [-0.1, -0.05) is 12.1 Å². The summed E-state index contributed by atoms with van der Waals surface area (Å²) < 4.78 is 5.48. The van der Waals surface area contributed by atoms with E-state index in [1.807, 2.05) is 39.8 Å². The highest BCUT2D eigenvalue weighted by molar-refractivity contribution is 5.68.